The minimum Gasteiger partial charge on any atom is -0.467 e. The van der Waals surface area contributed by atoms with Crippen molar-refractivity contribution in [2.45, 2.75) is 19.9 Å². The van der Waals surface area contributed by atoms with Crippen LogP contribution in [0.4, 0.5) is 5.82 Å². The van der Waals surface area contributed by atoms with Gasteiger partial charge in [-0.2, -0.15) is 0 Å². The summed E-state index contributed by atoms with van der Waals surface area (Å²) in [5.74, 6) is 0.381. The average molecular weight is 251 g/mol. The van der Waals surface area contributed by atoms with Crippen molar-refractivity contribution in [1.82, 2.24) is 9.97 Å². The lowest BCUT2D eigenvalue weighted by Crippen LogP contribution is -2.51. The second-order valence-corrected chi connectivity index (χ2v) is 4.21. The van der Waals surface area contributed by atoms with Gasteiger partial charge in [-0.3, -0.25) is 4.98 Å². The van der Waals surface area contributed by atoms with Gasteiger partial charge in [0.15, 0.2) is 6.04 Å². The number of carbonyl (C=O) groups is 1. The second kappa shape index (κ2) is 5.30. The molecule has 0 aliphatic carbocycles. The van der Waals surface area contributed by atoms with Crippen LogP contribution in [0.25, 0.3) is 0 Å². The molecule has 0 spiro atoms. The molecule has 1 unspecified atom stereocenters. The van der Waals surface area contributed by atoms with Gasteiger partial charge in [-0.25, -0.2) is 9.78 Å². The number of rotatable bonds is 2. The normalized spacial score (nSPS) is 19.7. The molecule has 1 atom stereocenters. The summed E-state index contributed by atoms with van der Waals surface area (Å²) >= 11 is 0. The minimum atomic E-state index is -0.444. The van der Waals surface area contributed by atoms with E-state index in [1.807, 2.05) is 18.7 Å². The van der Waals surface area contributed by atoms with Gasteiger partial charge in [-0.15, -0.1) is 0 Å². The molecule has 1 aliphatic heterocycles. The quantitative estimate of drug-likeness (QED) is 0.712. The summed E-state index contributed by atoms with van der Waals surface area (Å²) in [6.45, 7) is 5.31. The van der Waals surface area contributed by atoms with Gasteiger partial charge < -0.3 is 14.4 Å². The average Bonchev–Trinajstić information content (AvgIpc) is 2.41. The highest BCUT2D eigenvalue weighted by atomic mass is 16.5. The van der Waals surface area contributed by atoms with E-state index in [1.54, 1.807) is 6.20 Å². The molecule has 0 saturated carbocycles. The summed E-state index contributed by atoms with van der Waals surface area (Å²) in [6.07, 6.45) is 1.68. The molecule has 2 heterocycles. The molecule has 6 nitrogen and oxygen atoms in total. The maximum absolute atomic E-state index is 11.7. The molecule has 0 amide bonds. The number of morpholine rings is 1. The van der Waals surface area contributed by atoms with E-state index in [9.17, 15) is 4.79 Å². The van der Waals surface area contributed by atoms with Crippen molar-refractivity contribution >= 4 is 11.8 Å². The zero-order valence-electron chi connectivity index (χ0n) is 10.8. The summed E-state index contributed by atoms with van der Waals surface area (Å²) in [5.41, 5.74) is 1.75. The van der Waals surface area contributed by atoms with Crippen LogP contribution < -0.4 is 4.90 Å². The highest BCUT2D eigenvalue weighted by molar-refractivity contribution is 5.80. The van der Waals surface area contributed by atoms with Crippen LogP contribution >= 0.6 is 0 Å². The number of anilines is 1. The first-order valence-electron chi connectivity index (χ1n) is 5.86. The summed E-state index contributed by atoms with van der Waals surface area (Å²) in [4.78, 5) is 22.3. The first kappa shape index (κ1) is 12.8. The first-order chi connectivity index (χ1) is 8.63. The Kier molecular flexibility index (Phi) is 3.76. The van der Waals surface area contributed by atoms with E-state index < -0.39 is 6.04 Å². The number of nitrogens with zero attached hydrogens (tertiary/aromatic N) is 3. The Balaban J connectivity index is 2.27. The highest BCUT2D eigenvalue weighted by Gasteiger charge is 2.31. The largest absolute Gasteiger partial charge is 0.467 e. The van der Waals surface area contributed by atoms with Crippen LogP contribution in [0.1, 0.15) is 11.4 Å². The standard InChI is InChI=1S/C12H17N3O3/c1-8-9(2)14-11(6-13-8)15-4-5-18-7-10(15)12(16)17-3/h6,10H,4-5,7H2,1-3H3. The lowest BCUT2D eigenvalue weighted by molar-refractivity contribution is -0.144. The van der Waals surface area contributed by atoms with Crippen molar-refractivity contribution in [3.63, 3.8) is 0 Å². The van der Waals surface area contributed by atoms with E-state index in [0.717, 1.165) is 11.4 Å². The van der Waals surface area contributed by atoms with E-state index in [1.165, 1.54) is 7.11 Å². The molecule has 1 saturated heterocycles. The molecule has 6 heteroatoms. The maximum atomic E-state index is 11.7. The summed E-state index contributed by atoms with van der Waals surface area (Å²) < 4.78 is 10.1. The van der Waals surface area contributed by atoms with Crippen molar-refractivity contribution in [2.24, 2.45) is 0 Å². The number of carbonyl (C=O) groups excluding carboxylic acids is 1. The van der Waals surface area contributed by atoms with Crippen LogP contribution in [0.3, 0.4) is 0 Å². The van der Waals surface area contributed by atoms with Crippen molar-refractivity contribution in [3.8, 4) is 0 Å². The third kappa shape index (κ3) is 2.43. The molecule has 1 aromatic heterocycles. The molecule has 0 N–H and O–H groups in total. The number of methoxy groups -OCH3 is 1. The zero-order valence-corrected chi connectivity index (χ0v) is 10.8. The Morgan fingerprint density at radius 2 is 2.28 bits per heavy atom. The highest BCUT2D eigenvalue weighted by Crippen LogP contribution is 2.18. The lowest BCUT2D eigenvalue weighted by Gasteiger charge is -2.34. The first-order valence-corrected chi connectivity index (χ1v) is 5.86. The number of esters is 1. The molecule has 1 aromatic rings. The van der Waals surface area contributed by atoms with E-state index in [2.05, 4.69) is 9.97 Å². The van der Waals surface area contributed by atoms with Gasteiger partial charge in [-0.1, -0.05) is 0 Å². The monoisotopic (exact) mass is 251 g/mol. The van der Waals surface area contributed by atoms with Crippen molar-refractivity contribution < 1.29 is 14.3 Å². The Morgan fingerprint density at radius 3 is 2.94 bits per heavy atom. The second-order valence-electron chi connectivity index (χ2n) is 4.21. The number of aromatic nitrogens is 2. The Labute approximate surface area is 106 Å². The predicted octanol–water partition coefficient (Wildman–Crippen LogP) is 0.472. The fraction of sp³-hybridized carbons (Fsp3) is 0.583. The van der Waals surface area contributed by atoms with Crippen LogP contribution in [-0.2, 0) is 14.3 Å². The molecular formula is C12H17N3O3. The number of aryl methyl sites for hydroxylation is 2. The van der Waals surface area contributed by atoms with Gasteiger partial charge >= 0.3 is 5.97 Å². The molecule has 0 bridgehead atoms. The van der Waals surface area contributed by atoms with E-state index in [0.29, 0.717) is 25.6 Å². The molecule has 0 radical (unpaired) electrons. The fourth-order valence-corrected chi connectivity index (χ4v) is 1.88. The van der Waals surface area contributed by atoms with Crippen molar-refractivity contribution in [1.29, 1.82) is 0 Å². The summed E-state index contributed by atoms with van der Waals surface area (Å²) in [5, 5.41) is 0. The van der Waals surface area contributed by atoms with Gasteiger partial charge in [0.25, 0.3) is 0 Å². The fourth-order valence-electron chi connectivity index (χ4n) is 1.88. The van der Waals surface area contributed by atoms with Crippen molar-refractivity contribution in [2.75, 3.05) is 31.8 Å². The molecule has 18 heavy (non-hydrogen) atoms. The zero-order chi connectivity index (χ0) is 13.1. The topological polar surface area (TPSA) is 64.6 Å². The molecule has 98 valence electrons. The summed E-state index contributed by atoms with van der Waals surface area (Å²) in [7, 11) is 1.38. The van der Waals surface area contributed by atoms with Gasteiger partial charge in [0.05, 0.1) is 37.9 Å². The molecule has 1 fully saturated rings. The Hall–Kier alpha value is -1.69. The van der Waals surface area contributed by atoms with Crippen molar-refractivity contribution in [3.05, 3.63) is 17.6 Å². The number of hydrogen-bond acceptors (Lipinski definition) is 6. The van der Waals surface area contributed by atoms with Crippen LogP contribution in [-0.4, -0.2) is 48.8 Å². The molecule has 2 rings (SSSR count). The van der Waals surface area contributed by atoms with Gasteiger partial charge in [0.1, 0.15) is 5.82 Å². The minimum absolute atomic E-state index is 0.310. The molecular weight excluding hydrogens is 234 g/mol. The van der Waals surface area contributed by atoms with E-state index in [-0.39, 0.29) is 5.97 Å². The van der Waals surface area contributed by atoms with Crippen LogP contribution in [0, 0.1) is 13.8 Å². The van der Waals surface area contributed by atoms with Crippen LogP contribution in [0.15, 0.2) is 6.20 Å². The van der Waals surface area contributed by atoms with Gasteiger partial charge in [0.2, 0.25) is 0 Å². The van der Waals surface area contributed by atoms with Crippen LogP contribution in [0.5, 0.6) is 0 Å². The SMILES string of the molecule is COC(=O)C1COCCN1c1cnc(C)c(C)n1. The number of hydrogen-bond donors (Lipinski definition) is 0. The smallest absolute Gasteiger partial charge is 0.330 e. The summed E-state index contributed by atoms with van der Waals surface area (Å²) in [6, 6.07) is -0.444. The third-order valence-corrected chi connectivity index (χ3v) is 3.08. The van der Waals surface area contributed by atoms with E-state index >= 15 is 0 Å². The number of ether oxygens (including phenoxy) is 2. The predicted molar refractivity (Wildman–Crippen MR) is 65.5 cm³/mol. The Bertz CT molecular complexity index is 450. The van der Waals surface area contributed by atoms with Gasteiger partial charge in [-0.05, 0) is 13.8 Å². The molecule has 1 aliphatic rings. The lowest BCUT2D eigenvalue weighted by atomic mass is 10.2. The molecule has 0 aromatic carbocycles. The van der Waals surface area contributed by atoms with E-state index in [4.69, 9.17) is 9.47 Å². The third-order valence-electron chi connectivity index (χ3n) is 3.08. The Morgan fingerprint density at radius 1 is 1.50 bits per heavy atom. The van der Waals surface area contributed by atoms with Gasteiger partial charge in [0, 0.05) is 6.54 Å². The maximum Gasteiger partial charge on any atom is 0.330 e. The van der Waals surface area contributed by atoms with Crippen LogP contribution in [0.2, 0.25) is 0 Å².